The van der Waals surface area contributed by atoms with Gasteiger partial charge in [-0.25, -0.2) is 0 Å². The lowest BCUT2D eigenvalue weighted by Gasteiger charge is -2.32. The standard InChI is InChI=1S/C17H37NO2/c1-6-8-9-10-11-15(3)20-16(4)13-17(5,14-19)18-12-7-2/h15-16,18-19H,6-14H2,1-5H3. The zero-order valence-corrected chi connectivity index (χ0v) is 14.4. The monoisotopic (exact) mass is 287 g/mol. The van der Waals surface area contributed by atoms with E-state index in [1.807, 2.05) is 0 Å². The molecule has 122 valence electrons. The van der Waals surface area contributed by atoms with E-state index in [1.165, 1.54) is 25.7 Å². The summed E-state index contributed by atoms with van der Waals surface area (Å²) in [4.78, 5) is 0. The van der Waals surface area contributed by atoms with Crippen molar-refractivity contribution in [2.75, 3.05) is 13.2 Å². The van der Waals surface area contributed by atoms with E-state index < -0.39 is 0 Å². The number of nitrogens with one attached hydrogen (secondary N) is 1. The molecule has 0 aromatic heterocycles. The minimum atomic E-state index is -0.225. The molecule has 3 atom stereocenters. The zero-order chi connectivity index (χ0) is 15.4. The molecule has 0 aliphatic carbocycles. The van der Waals surface area contributed by atoms with Gasteiger partial charge >= 0.3 is 0 Å². The van der Waals surface area contributed by atoms with E-state index >= 15 is 0 Å². The Morgan fingerprint density at radius 1 is 1.05 bits per heavy atom. The Hall–Kier alpha value is -0.120. The second kappa shape index (κ2) is 11.5. The molecular weight excluding hydrogens is 250 g/mol. The summed E-state index contributed by atoms with van der Waals surface area (Å²) < 4.78 is 6.06. The summed E-state index contributed by atoms with van der Waals surface area (Å²) >= 11 is 0. The average molecular weight is 287 g/mol. The Morgan fingerprint density at radius 2 is 1.75 bits per heavy atom. The van der Waals surface area contributed by atoms with Crippen LogP contribution in [0.3, 0.4) is 0 Å². The zero-order valence-electron chi connectivity index (χ0n) is 14.4. The van der Waals surface area contributed by atoms with Gasteiger partial charge in [0.05, 0.1) is 18.8 Å². The molecule has 0 saturated heterocycles. The molecule has 0 radical (unpaired) electrons. The lowest BCUT2D eigenvalue weighted by atomic mass is 9.95. The Morgan fingerprint density at radius 3 is 2.30 bits per heavy atom. The number of aliphatic hydroxyl groups excluding tert-OH is 1. The molecule has 0 amide bonds. The number of ether oxygens (including phenoxy) is 1. The summed E-state index contributed by atoms with van der Waals surface area (Å²) in [7, 11) is 0. The van der Waals surface area contributed by atoms with Crippen LogP contribution in [0.2, 0.25) is 0 Å². The van der Waals surface area contributed by atoms with Crippen LogP contribution in [0.5, 0.6) is 0 Å². The second-order valence-corrected chi connectivity index (χ2v) is 6.46. The van der Waals surface area contributed by atoms with Crippen molar-refractivity contribution >= 4 is 0 Å². The highest BCUT2D eigenvalue weighted by molar-refractivity contribution is 4.84. The van der Waals surface area contributed by atoms with Crippen molar-refractivity contribution in [3.05, 3.63) is 0 Å². The smallest absolute Gasteiger partial charge is 0.0611 e. The molecule has 0 aromatic rings. The van der Waals surface area contributed by atoms with Gasteiger partial charge in [-0.15, -0.1) is 0 Å². The molecule has 0 aliphatic heterocycles. The molecule has 3 unspecified atom stereocenters. The van der Waals surface area contributed by atoms with Gasteiger partial charge in [-0.3, -0.25) is 0 Å². The predicted octanol–water partition coefficient (Wildman–Crippen LogP) is 3.89. The Bertz CT molecular complexity index is 223. The number of unbranched alkanes of at least 4 members (excludes halogenated alkanes) is 3. The van der Waals surface area contributed by atoms with Crippen molar-refractivity contribution in [3.63, 3.8) is 0 Å². The van der Waals surface area contributed by atoms with Crippen LogP contribution in [0.15, 0.2) is 0 Å². The van der Waals surface area contributed by atoms with Crippen molar-refractivity contribution in [1.82, 2.24) is 5.32 Å². The third-order valence-corrected chi connectivity index (χ3v) is 3.82. The maximum atomic E-state index is 9.58. The van der Waals surface area contributed by atoms with Crippen LogP contribution in [0, 0.1) is 0 Å². The first-order valence-corrected chi connectivity index (χ1v) is 8.48. The second-order valence-electron chi connectivity index (χ2n) is 6.46. The lowest BCUT2D eigenvalue weighted by molar-refractivity contribution is -0.0202. The van der Waals surface area contributed by atoms with Gasteiger partial charge < -0.3 is 15.2 Å². The Labute approximate surface area is 126 Å². The highest BCUT2D eigenvalue weighted by Crippen LogP contribution is 2.17. The van der Waals surface area contributed by atoms with Crippen LogP contribution in [-0.2, 0) is 4.74 Å². The molecule has 0 aliphatic rings. The average Bonchev–Trinajstić information content (AvgIpc) is 2.41. The van der Waals surface area contributed by atoms with Gasteiger partial charge in [-0.1, -0.05) is 39.5 Å². The number of rotatable bonds is 13. The summed E-state index contributed by atoms with van der Waals surface area (Å²) in [5, 5.41) is 13.0. The van der Waals surface area contributed by atoms with Crippen molar-refractivity contribution < 1.29 is 9.84 Å². The highest BCUT2D eigenvalue weighted by Gasteiger charge is 2.26. The molecule has 0 bridgehead atoms. The maximum absolute atomic E-state index is 9.58. The maximum Gasteiger partial charge on any atom is 0.0611 e. The van der Waals surface area contributed by atoms with E-state index in [0.717, 1.165) is 25.8 Å². The fourth-order valence-electron chi connectivity index (χ4n) is 2.63. The molecule has 20 heavy (non-hydrogen) atoms. The molecule has 0 fully saturated rings. The van der Waals surface area contributed by atoms with Crippen LogP contribution in [0.25, 0.3) is 0 Å². The molecule has 0 heterocycles. The van der Waals surface area contributed by atoms with E-state index in [4.69, 9.17) is 4.74 Å². The Kier molecular flexibility index (Phi) is 11.5. The summed E-state index contributed by atoms with van der Waals surface area (Å²) in [6.07, 6.45) is 8.74. The summed E-state index contributed by atoms with van der Waals surface area (Å²) in [5.41, 5.74) is -0.225. The largest absolute Gasteiger partial charge is 0.394 e. The molecule has 0 aromatic carbocycles. The van der Waals surface area contributed by atoms with Crippen molar-refractivity contribution in [2.45, 2.75) is 97.3 Å². The minimum absolute atomic E-state index is 0.158. The molecule has 0 spiro atoms. The summed E-state index contributed by atoms with van der Waals surface area (Å²) in [5.74, 6) is 0. The topological polar surface area (TPSA) is 41.5 Å². The van der Waals surface area contributed by atoms with Gasteiger partial charge in [-0.05, 0) is 46.6 Å². The normalized spacial score (nSPS) is 17.7. The van der Waals surface area contributed by atoms with Crippen LogP contribution >= 0.6 is 0 Å². The SMILES string of the molecule is CCCCCCC(C)OC(C)CC(C)(CO)NCCC. The third kappa shape index (κ3) is 9.73. The summed E-state index contributed by atoms with van der Waals surface area (Å²) in [6, 6.07) is 0. The van der Waals surface area contributed by atoms with Crippen LogP contribution in [0.1, 0.15) is 79.6 Å². The number of aliphatic hydroxyl groups is 1. The van der Waals surface area contributed by atoms with Crippen molar-refractivity contribution in [2.24, 2.45) is 0 Å². The highest BCUT2D eigenvalue weighted by atomic mass is 16.5. The van der Waals surface area contributed by atoms with E-state index in [1.54, 1.807) is 0 Å². The quantitative estimate of drug-likeness (QED) is 0.505. The van der Waals surface area contributed by atoms with Crippen LogP contribution in [0.4, 0.5) is 0 Å². The van der Waals surface area contributed by atoms with Crippen molar-refractivity contribution in [1.29, 1.82) is 0 Å². The van der Waals surface area contributed by atoms with Crippen LogP contribution < -0.4 is 5.32 Å². The fraction of sp³-hybridized carbons (Fsp3) is 1.00. The van der Waals surface area contributed by atoms with Gasteiger partial charge in [-0.2, -0.15) is 0 Å². The lowest BCUT2D eigenvalue weighted by Crippen LogP contribution is -2.48. The molecule has 0 saturated carbocycles. The molecule has 2 N–H and O–H groups in total. The third-order valence-electron chi connectivity index (χ3n) is 3.82. The molecule has 3 heteroatoms. The van der Waals surface area contributed by atoms with Gasteiger partial charge in [0.25, 0.3) is 0 Å². The van der Waals surface area contributed by atoms with Crippen LogP contribution in [-0.4, -0.2) is 36.0 Å². The van der Waals surface area contributed by atoms with Gasteiger partial charge in [0.2, 0.25) is 0 Å². The molecule has 0 rings (SSSR count). The minimum Gasteiger partial charge on any atom is -0.394 e. The van der Waals surface area contributed by atoms with Gasteiger partial charge in [0.1, 0.15) is 0 Å². The van der Waals surface area contributed by atoms with Crippen molar-refractivity contribution in [3.8, 4) is 0 Å². The van der Waals surface area contributed by atoms with E-state index in [9.17, 15) is 5.11 Å². The van der Waals surface area contributed by atoms with Gasteiger partial charge in [0.15, 0.2) is 0 Å². The number of hydrogen-bond donors (Lipinski definition) is 2. The Balaban J connectivity index is 3.96. The first-order valence-electron chi connectivity index (χ1n) is 8.48. The first kappa shape index (κ1) is 19.9. The number of hydrogen-bond acceptors (Lipinski definition) is 3. The predicted molar refractivity (Wildman–Crippen MR) is 87.2 cm³/mol. The molecular formula is C17H37NO2. The fourth-order valence-corrected chi connectivity index (χ4v) is 2.63. The van der Waals surface area contributed by atoms with E-state index in [0.29, 0.717) is 6.10 Å². The first-order chi connectivity index (χ1) is 9.47. The molecule has 3 nitrogen and oxygen atoms in total. The van der Waals surface area contributed by atoms with E-state index in [2.05, 4.69) is 39.9 Å². The summed E-state index contributed by atoms with van der Waals surface area (Å²) in [6.45, 7) is 11.8. The van der Waals surface area contributed by atoms with Gasteiger partial charge in [0, 0.05) is 5.54 Å². The van der Waals surface area contributed by atoms with E-state index in [-0.39, 0.29) is 18.2 Å².